The van der Waals surface area contributed by atoms with E-state index in [9.17, 15) is 15.0 Å². The molecular weight excluding hydrogens is 400 g/mol. The highest BCUT2D eigenvalue weighted by molar-refractivity contribution is 5.66. The summed E-state index contributed by atoms with van der Waals surface area (Å²) in [6.45, 7) is 11.1. The van der Waals surface area contributed by atoms with Gasteiger partial charge in [0.05, 0.1) is 0 Å². The van der Waals surface area contributed by atoms with Crippen LogP contribution in [0.4, 0.5) is 0 Å². The molecular formula is C28H44O4. The molecule has 0 aromatic heterocycles. The first-order valence-corrected chi connectivity index (χ1v) is 12.8. The van der Waals surface area contributed by atoms with Gasteiger partial charge in [0.1, 0.15) is 0 Å². The molecule has 1 unspecified atom stereocenters. The number of fused-ring (bicyclic) bond motifs is 1. The molecule has 3 saturated carbocycles. The maximum Gasteiger partial charge on any atom is 0.303 e. The number of carboxylic acids is 1. The standard InChI is InChI=1S/C28H44O4/c1-19(17-26(29)30)7-5-8-21(3)24-12-13-25-22(9-6-15-27(24,25)4)10-11-23-18-28(31,32)16-14-20(23)2/h10-11,19,21,24-25,31-32H,2,5-9,12-18H2,1,3-4H3,(H,29,30)/b22-10+,23-11-/t19?,21-,24-,25+,27-/m1/s1. The lowest BCUT2D eigenvalue weighted by Crippen LogP contribution is -2.36. The lowest BCUT2D eigenvalue weighted by atomic mass is 9.60. The minimum Gasteiger partial charge on any atom is -0.481 e. The van der Waals surface area contributed by atoms with Gasteiger partial charge in [-0.05, 0) is 73.2 Å². The van der Waals surface area contributed by atoms with Gasteiger partial charge in [0, 0.05) is 19.3 Å². The van der Waals surface area contributed by atoms with Crippen LogP contribution in [0.1, 0.15) is 97.8 Å². The summed E-state index contributed by atoms with van der Waals surface area (Å²) in [6.07, 6.45) is 15.5. The summed E-state index contributed by atoms with van der Waals surface area (Å²) < 4.78 is 0. The molecule has 0 amide bonds. The highest BCUT2D eigenvalue weighted by atomic mass is 16.5. The highest BCUT2D eigenvalue weighted by Gasteiger charge is 2.50. The monoisotopic (exact) mass is 444 g/mol. The van der Waals surface area contributed by atoms with E-state index in [2.05, 4.69) is 39.5 Å². The predicted octanol–water partition coefficient (Wildman–Crippen LogP) is 6.39. The number of allylic oxidation sites excluding steroid dienone is 4. The van der Waals surface area contributed by atoms with Crippen LogP contribution < -0.4 is 0 Å². The van der Waals surface area contributed by atoms with Crippen LogP contribution in [-0.2, 0) is 4.79 Å². The summed E-state index contributed by atoms with van der Waals surface area (Å²) in [4.78, 5) is 10.9. The van der Waals surface area contributed by atoms with E-state index in [-0.39, 0.29) is 18.8 Å². The Bertz CT molecular complexity index is 761. The third-order valence-corrected chi connectivity index (χ3v) is 8.86. The fourth-order valence-corrected chi connectivity index (χ4v) is 7.02. The number of carboxylic acid groups (broad SMARTS) is 1. The molecule has 32 heavy (non-hydrogen) atoms. The highest BCUT2D eigenvalue weighted by Crippen LogP contribution is 2.60. The van der Waals surface area contributed by atoms with Crippen molar-refractivity contribution in [2.24, 2.45) is 29.1 Å². The second-order valence-corrected chi connectivity index (χ2v) is 11.4. The lowest BCUT2D eigenvalue weighted by molar-refractivity contribution is -0.167. The molecule has 0 saturated heterocycles. The minimum atomic E-state index is -1.59. The lowest BCUT2D eigenvalue weighted by Gasteiger charge is -2.44. The number of hydrogen-bond acceptors (Lipinski definition) is 3. The summed E-state index contributed by atoms with van der Waals surface area (Å²) in [5, 5.41) is 29.1. The van der Waals surface area contributed by atoms with Crippen molar-refractivity contribution in [2.75, 3.05) is 0 Å². The first-order chi connectivity index (χ1) is 15.0. The van der Waals surface area contributed by atoms with E-state index in [4.69, 9.17) is 5.11 Å². The van der Waals surface area contributed by atoms with Crippen molar-refractivity contribution in [3.63, 3.8) is 0 Å². The molecule has 0 radical (unpaired) electrons. The predicted molar refractivity (Wildman–Crippen MR) is 129 cm³/mol. The Balaban J connectivity index is 1.64. The summed E-state index contributed by atoms with van der Waals surface area (Å²) in [5.74, 6) is -0.00400. The van der Waals surface area contributed by atoms with Gasteiger partial charge in [0.2, 0.25) is 0 Å². The molecule has 0 heterocycles. The number of aliphatic hydroxyl groups is 2. The average Bonchev–Trinajstić information content (AvgIpc) is 3.05. The minimum absolute atomic E-state index is 0.259. The Kier molecular flexibility index (Phi) is 8.09. The number of hydrogen-bond donors (Lipinski definition) is 3. The van der Waals surface area contributed by atoms with Crippen molar-refractivity contribution in [3.05, 3.63) is 35.5 Å². The first-order valence-electron chi connectivity index (χ1n) is 12.8. The van der Waals surface area contributed by atoms with Crippen LogP contribution in [0.25, 0.3) is 0 Å². The van der Waals surface area contributed by atoms with E-state index in [0.29, 0.717) is 30.1 Å². The van der Waals surface area contributed by atoms with Crippen molar-refractivity contribution in [3.8, 4) is 0 Å². The van der Waals surface area contributed by atoms with E-state index >= 15 is 0 Å². The molecule has 180 valence electrons. The fraction of sp³-hybridized carbons (Fsp3) is 0.750. The number of rotatable bonds is 8. The van der Waals surface area contributed by atoms with Crippen LogP contribution in [0.15, 0.2) is 35.5 Å². The average molecular weight is 445 g/mol. The van der Waals surface area contributed by atoms with Gasteiger partial charge in [-0.25, -0.2) is 0 Å². The zero-order valence-corrected chi connectivity index (χ0v) is 20.4. The van der Waals surface area contributed by atoms with Gasteiger partial charge in [-0.1, -0.05) is 69.9 Å². The van der Waals surface area contributed by atoms with E-state index in [0.717, 1.165) is 36.3 Å². The van der Waals surface area contributed by atoms with E-state index in [1.165, 1.54) is 37.7 Å². The summed E-state index contributed by atoms with van der Waals surface area (Å²) in [5.41, 5.74) is 3.90. The van der Waals surface area contributed by atoms with Gasteiger partial charge >= 0.3 is 5.97 Å². The molecule has 5 atom stereocenters. The van der Waals surface area contributed by atoms with Crippen molar-refractivity contribution >= 4 is 5.97 Å². The molecule has 0 bridgehead atoms. The molecule has 3 fully saturated rings. The third-order valence-electron chi connectivity index (χ3n) is 8.86. The largest absolute Gasteiger partial charge is 0.481 e. The van der Waals surface area contributed by atoms with Crippen molar-refractivity contribution in [1.29, 1.82) is 0 Å². The SMILES string of the molecule is C=C1CCC(O)(O)C/C1=C/C=C1\CCC[C@]2(C)[C@@H]([C@H](C)CCCC(C)CC(=O)O)CC[C@@H]12. The normalized spacial score (nSPS) is 34.5. The number of aliphatic carboxylic acids is 1. The topological polar surface area (TPSA) is 77.8 Å². The zero-order valence-electron chi connectivity index (χ0n) is 20.4. The van der Waals surface area contributed by atoms with Gasteiger partial charge in [0.25, 0.3) is 0 Å². The summed E-state index contributed by atoms with van der Waals surface area (Å²) in [7, 11) is 0. The van der Waals surface area contributed by atoms with Crippen LogP contribution in [0, 0.1) is 29.1 Å². The molecule has 0 aromatic rings. The maximum atomic E-state index is 10.9. The first kappa shape index (κ1) is 25.2. The van der Waals surface area contributed by atoms with Gasteiger partial charge in [-0.3, -0.25) is 4.79 Å². The Hall–Kier alpha value is -1.39. The molecule has 3 rings (SSSR count). The molecule has 3 aliphatic rings. The van der Waals surface area contributed by atoms with Gasteiger partial charge < -0.3 is 15.3 Å². The Morgan fingerprint density at radius 2 is 1.91 bits per heavy atom. The molecule has 0 spiro atoms. The van der Waals surface area contributed by atoms with Crippen molar-refractivity contribution < 1.29 is 20.1 Å². The Morgan fingerprint density at radius 1 is 1.16 bits per heavy atom. The van der Waals surface area contributed by atoms with Crippen molar-refractivity contribution in [1.82, 2.24) is 0 Å². The molecule has 4 heteroatoms. The summed E-state index contributed by atoms with van der Waals surface area (Å²) >= 11 is 0. The summed E-state index contributed by atoms with van der Waals surface area (Å²) in [6, 6.07) is 0. The van der Waals surface area contributed by atoms with Crippen LogP contribution in [0.5, 0.6) is 0 Å². The molecule has 0 aliphatic heterocycles. The Labute approximate surface area is 194 Å². The molecule has 3 N–H and O–H groups in total. The van der Waals surface area contributed by atoms with Crippen LogP contribution >= 0.6 is 0 Å². The zero-order chi connectivity index (χ0) is 23.5. The second-order valence-electron chi connectivity index (χ2n) is 11.4. The Morgan fingerprint density at radius 3 is 2.62 bits per heavy atom. The molecule has 3 aliphatic carbocycles. The van der Waals surface area contributed by atoms with Crippen LogP contribution in [0.2, 0.25) is 0 Å². The number of carbonyl (C=O) groups is 1. The molecule has 0 aromatic carbocycles. The van der Waals surface area contributed by atoms with Gasteiger partial charge in [-0.15, -0.1) is 0 Å². The van der Waals surface area contributed by atoms with E-state index in [1.54, 1.807) is 0 Å². The van der Waals surface area contributed by atoms with Gasteiger partial charge in [-0.2, -0.15) is 0 Å². The fourth-order valence-electron chi connectivity index (χ4n) is 7.02. The third kappa shape index (κ3) is 5.94. The maximum absolute atomic E-state index is 10.9. The van der Waals surface area contributed by atoms with Crippen molar-refractivity contribution in [2.45, 2.75) is 104 Å². The quantitative estimate of drug-likeness (QED) is 0.379. The van der Waals surface area contributed by atoms with Crippen LogP contribution in [0.3, 0.4) is 0 Å². The van der Waals surface area contributed by atoms with E-state index in [1.807, 2.05) is 0 Å². The van der Waals surface area contributed by atoms with E-state index < -0.39 is 11.8 Å². The second kappa shape index (κ2) is 10.3. The molecule has 4 nitrogen and oxygen atoms in total. The van der Waals surface area contributed by atoms with Crippen LogP contribution in [-0.4, -0.2) is 27.1 Å². The smallest absolute Gasteiger partial charge is 0.303 e. The van der Waals surface area contributed by atoms with Gasteiger partial charge in [0.15, 0.2) is 5.79 Å².